The van der Waals surface area contributed by atoms with Gasteiger partial charge in [-0.05, 0) is 44.3 Å². The summed E-state index contributed by atoms with van der Waals surface area (Å²) in [6.07, 6.45) is 4.73. The molecule has 1 heterocycles. The van der Waals surface area contributed by atoms with Crippen LogP contribution in [0.15, 0.2) is 30.3 Å². The Morgan fingerprint density at radius 3 is 2.37 bits per heavy atom. The molecule has 2 unspecified atom stereocenters. The SMILES string of the molecule is CCCCN(C)CC1CCN(C(=O)C(C)C(N)c2ccccc2)CC1.Cl.Cl. The summed E-state index contributed by atoms with van der Waals surface area (Å²) in [6, 6.07) is 9.72. The summed E-state index contributed by atoms with van der Waals surface area (Å²) in [7, 11) is 2.22. The molecule has 1 aliphatic rings. The van der Waals surface area contributed by atoms with Crippen molar-refractivity contribution >= 4 is 30.7 Å². The highest BCUT2D eigenvalue weighted by molar-refractivity contribution is 5.85. The molecule has 1 aliphatic heterocycles. The van der Waals surface area contributed by atoms with Crippen molar-refractivity contribution in [2.45, 2.75) is 45.6 Å². The van der Waals surface area contributed by atoms with Gasteiger partial charge >= 0.3 is 0 Å². The van der Waals surface area contributed by atoms with Crippen LogP contribution in [0.25, 0.3) is 0 Å². The van der Waals surface area contributed by atoms with E-state index in [1.807, 2.05) is 42.2 Å². The number of hydrogen-bond acceptors (Lipinski definition) is 3. The number of hydrogen-bond donors (Lipinski definition) is 1. The first-order valence-corrected chi connectivity index (χ1v) is 9.80. The Kier molecular flexibility index (Phi) is 13.0. The van der Waals surface area contributed by atoms with E-state index in [4.69, 9.17) is 5.73 Å². The van der Waals surface area contributed by atoms with Crippen molar-refractivity contribution in [1.82, 2.24) is 9.80 Å². The van der Waals surface area contributed by atoms with Crippen LogP contribution in [0.4, 0.5) is 0 Å². The molecule has 6 heteroatoms. The maximum absolute atomic E-state index is 12.8. The molecule has 1 fully saturated rings. The van der Waals surface area contributed by atoms with Crippen LogP contribution < -0.4 is 5.73 Å². The van der Waals surface area contributed by atoms with E-state index in [2.05, 4.69) is 18.9 Å². The second kappa shape index (κ2) is 13.4. The lowest BCUT2D eigenvalue weighted by molar-refractivity contribution is -0.137. The Labute approximate surface area is 177 Å². The molecule has 0 spiro atoms. The van der Waals surface area contributed by atoms with Crippen LogP contribution in [-0.4, -0.2) is 48.9 Å². The third-order valence-electron chi connectivity index (χ3n) is 5.50. The minimum atomic E-state index is -0.230. The molecule has 4 nitrogen and oxygen atoms in total. The quantitative estimate of drug-likeness (QED) is 0.691. The van der Waals surface area contributed by atoms with Gasteiger partial charge in [0.15, 0.2) is 0 Å². The van der Waals surface area contributed by atoms with Gasteiger partial charge in [-0.25, -0.2) is 0 Å². The molecule has 27 heavy (non-hydrogen) atoms. The third kappa shape index (κ3) is 7.98. The number of benzene rings is 1. The van der Waals surface area contributed by atoms with Crippen molar-refractivity contribution in [2.75, 3.05) is 33.2 Å². The van der Waals surface area contributed by atoms with Crippen molar-refractivity contribution in [1.29, 1.82) is 0 Å². The largest absolute Gasteiger partial charge is 0.342 e. The molecule has 2 N–H and O–H groups in total. The van der Waals surface area contributed by atoms with Crippen LogP contribution in [0.5, 0.6) is 0 Å². The van der Waals surface area contributed by atoms with Gasteiger partial charge < -0.3 is 15.5 Å². The number of nitrogens with zero attached hydrogens (tertiary/aromatic N) is 2. The predicted molar refractivity (Wildman–Crippen MR) is 119 cm³/mol. The normalized spacial score (nSPS) is 17.0. The first kappa shape index (κ1) is 26.2. The van der Waals surface area contributed by atoms with Crippen molar-refractivity contribution in [3.63, 3.8) is 0 Å². The summed E-state index contributed by atoms with van der Waals surface area (Å²) in [5.74, 6) is 0.740. The Balaban J connectivity index is 0.00000338. The lowest BCUT2D eigenvalue weighted by Gasteiger charge is -2.36. The van der Waals surface area contributed by atoms with E-state index in [-0.39, 0.29) is 42.7 Å². The van der Waals surface area contributed by atoms with E-state index in [0.717, 1.165) is 38.0 Å². The number of piperidine rings is 1. The summed E-state index contributed by atoms with van der Waals surface area (Å²) in [4.78, 5) is 17.3. The van der Waals surface area contributed by atoms with Gasteiger partial charge in [-0.1, -0.05) is 50.6 Å². The highest BCUT2D eigenvalue weighted by Crippen LogP contribution is 2.24. The number of amides is 1. The monoisotopic (exact) mass is 417 g/mol. The van der Waals surface area contributed by atoms with Crippen LogP contribution in [-0.2, 0) is 4.79 Å². The van der Waals surface area contributed by atoms with Crippen LogP contribution >= 0.6 is 24.8 Å². The standard InChI is InChI=1S/C21H35N3O.2ClH/c1-4-5-13-23(3)16-18-11-14-24(15-12-18)21(25)17(2)20(22)19-9-7-6-8-10-19;;/h6-10,17-18,20H,4-5,11-16,22H2,1-3H3;2*1H. The minimum absolute atomic E-state index is 0. The number of likely N-dealkylation sites (tertiary alicyclic amines) is 1. The number of nitrogens with two attached hydrogens (primary N) is 1. The summed E-state index contributed by atoms with van der Waals surface area (Å²) < 4.78 is 0. The van der Waals surface area contributed by atoms with Gasteiger partial charge in [-0.15, -0.1) is 24.8 Å². The summed E-state index contributed by atoms with van der Waals surface area (Å²) >= 11 is 0. The number of carbonyl (C=O) groups excluding carboxylic acids is 1. The fourth-order valence-electron chi connectivity index (χ4n) is 3.70. The van der Waals surface area contributed by atoms with E-state index in [0.29, 0.717) is 5.92 Å². The molecule has 1 aromatic carbocycles. The first-order valence-electron chi connectivity index (χ1n) is 9.80. The minimum Gasteiger partial charge on any atom is -0.342 e. The first-order chi connectivity index (χ1) is 12.0. The molecule has 0 saturated carbocycles. The summed E-state index contributed by atoms with van der Waals surface area (Å²) in [5.41, 5.74) is 7.37. The number of halogens is 2. The fraction of sp³-hybridized carbons (Fsp3) is 0.667. The van der Waals surface area contributed by atoms with Gasteiger partial charge in [0.1, 0.15) is 0 Å². The zero-order valence-corrected chi connectivity index (χ0v) is 18.6. The zero-order chi connectivity index (χ0) is 18.2. The molecule has 2 atom stereocenters. The number of carbonyl (C=O) groups is 1. The summed E-state index contributed by atoms with van der Waals surface area (Å²) in [5, 5.41) is 0. The lowest BCUT2D eigenvalue weighted by atomic mass is 9.91. The fourth-order valence-corrected chi connectivity index (χ4v) is 3.70. The van der Waals surface area contributed by atoms with E-state index in [1.54, 1.807) is 0 Å². The van der Waals surface area contributed by atoms with E-state index in [1.165, 1.54) is 19.4 Å². The van der Waals surface area contributed by atoms with Gasteiger partial charge in [0.2, 0.25) is 5.91 Å². The smallest absolute Gasteiger partial charge is 0.227 e. The molecule has 2 rings (SSSR count). The van der Waals surface area contributed by atoms with Crippen LogP contribution in [0.1, 0.15) is 51.1 Å². The van der Waals surface area contributed by atoms with Crippen LogP contribution in [0, 0.1) is 11.8 Å². The molecule has 0 radical (unpaired) electrons. The van der Waals surface area contributed by atoms with Crippen molar-refractivity contribution in [3.05, 3.63) is 35.9 Å². The Hall–Kier alpha value is -0.810. The van der Waals surface area contributed by atoms with Crippen molar-refractivity contribution < 1.29 is 4.79 Å². The highest BCUT2D eigenvalue weighted by Gasteiger charge is 2.29. The third-order valence-corrected chi connectivity index (χ3v) is 5.50. The van der Waals surface area contributed by atoms with Gasteiger partial charge in [0.25, 0.3) is 0 Å². The van der Waals surface area contributed by atoms with Gasteiger partial charge in [0.05, 0.1) is 5.92 Å². The second-order valence-electron chi connectivity index (χ2n) is 7.61. The average molecular weight is 418 g/mol. The van der Waals surface area contributed by atoms with Crippen molar-refractivity contribution in [2.24, 2.45) is 17.6 Å². The van der Waals surface area contributed by atoms with Crippen molar-refractivity contribution in [3.8, 4) is 0 Å². The maximum Gasteiger partial charge on any atom is 0.227 e. The molecule has 156 valence electrons. The Morgan fingerprint density at radius 2 is 1.81 bits per heavy atom. The molecule has 1 amide bonds. The van der Waals surface area contributed by atoms with Gasteiger partial charge in [0, 0.05) is 25.7 Å². The molecular weight excluding hydrogens is 381 g/mol. The predicted octanol–water partition coefficient (Wildman–Crippen LogP) is 4.14. The van der Waals surface area contributed by atoms with Gasteiger partial charge in [-0.2, -0.15) is 0 Å². The maximum atomic E-state index is 12.8. The second-order valence-corrected chi connectivity index (χ2v) is 7.61. The van der Waals surface area contributed by atoms with Crippen LogP contribution in [0.3, 0.4) is 0 Å². The zero-order valence-electron chi connectivity index (χ0n) is 17.0. The van der Waals surface area contributed by atoms with E-state index >= 15 is 0 Å². The summed E-state index contributed by atoms with van der Waals surface area (Å²) in [6.45, 7) is 8.28. The van der Waals surface area contributed by atoms with Crippen LogP contribution in [0.2, 0.25) is 0 Å². The van der Waals surface area contributed by atoms with Gasteiger partial charge in [-0.3, -0.25) is 4.79 Å². The Bertz CT molecular complexity index is 521. The molecule has 1 aromatic rings. The number of unbranched alkanes of at least 4 members (excludes halogenated alkanes) is 1. The number of rotatable bonds is 8. The van der Waals surface area contributed by atoms with E-state index in [9.17, 15) is 4.79 Å². The highest BCUT2D eigenvalue weighted by atomic mass is 35.5. The lowest BCUT2D eigenvalue weighted by Crippen LogP contribution is -2.45. The molecule has 0 aromatic heterocycles. The average Bonchev–Trinajstić information content (AvgIpc) is 2.66. The molecule has 0 bridgehead atoms. The Morgan fingerprint density at radius 1 is 1.22 bits per heavy atom. The molecular formula is C21H37Cl2N3O. The molecule has 0 aliphatic carbocycles. The van der Waals surface area contributed by atoms with E-state index < -0.39 is 0 Å². The topological polar surface area (TPSA) is 49.6 Å². The molecule has 1 saturated heterocycles.